The fraction of sp³-hybridized carbons (Fsp3) is 0.400. The average Bonchev–Trinajstić information content (AvgIpc) is 2.74. The largest absolute Gasteiger partial charge is 0.481 e. The first kappa shape index (κ1) is 24.5. The van der Waals surface area contributed by atoms with Crippen LogP contribution in [0.4, 0.5) is 10.1 Å². The van der Waals surface area contributed by atoms with Crippen LogP contribution < -0.4 is 21.4 Å². The monoisotopic (exact) mass is 482 g/mol. The van der Waals surface area contributed by atoms with E-state index in [0.717, 1.165) is 13.1 Å². The van der Waals surface area contributed by atoms with E-state index in [4.69, 9.17) is 15.9 Å². The van der Waals surface area contributed by atoms with E-state index in [1.54, 1.807) is 6.07 Å². The maximum atomic E-state index is 14.6. The first-order chi connectivity index (χ1) is 15.5. The molecule has 1 aromatic carbocycles. The molecule has 13 heteroatoms. The summed E-state index contributed by atoms with van der Waals surface area (Å²) < 4.78 is 16.4. The van der Waals surface area contributed by atoms with Gasteiger partial charge in [0, 0.05) is 31.6 Å². The van der Waals surface area contributed by atoms with Gasteiger partial charge in [0.15, 0.2) is 0 Å². The Balaban J connectivity index is 0.000000292. The zero-order valence-corrected chi connectivity index (χ0v) is 18.4. The van der Waals surface area contributed by atoms with Crippen LogP contribution >= 0.6 is 11.8 Å². The molecule has 0 radical (unpaired) electrons. The van der Waals surface area contributed by atoms with Crippen LogP contribution in [0.5, 0.6) is 0 Å². The van der Waals surface area contributed by atoms with Crippen LogP contribution in [0, 0.1) is 5.82 Å². The Kier molecular flexibility index (Phi) is 7.25. The highest BCUT2D eigenvalue weighted by atomic mass is 32.2. The third kappa shape index (κ3) is 4.94. The van der Waals surface area contributed by atoms with Gasteiger partial charge in [-0.15, -0.1) is 0 Å². The number of benzene rings is 1. The van der Waals surface area contributed by atoms with Gasteiger partial charge in [0.1, 0.15) is 17.4 Å². The van der Waals surface area contributed by atoms with E-state index < -0.39 is 41.6 Å². The van der Waals surface area contributed by atoms with Gasteiger partial charge >= 0.3 is 17.9 Å². The number of thioether (sulfide) groups is 1. The molecule has 2 unspecified atom stereocenters. The molecule has 3 heterocycles. The van der Waals surface area contributed by atoms with Crippen molar-refractivity contribution >= 4 is 46.3 Å². The molecule has 2 atom stereocenters. The van der Waals surface area contributed by atoms with E-state index >= 15 is 0 Å². The number of carboxylic acids is 3. The van der Waals surface area contributed by atoms with Gasteiger partial charge in [-0.05, 0) is 19.1 Å². The Morgan fingerprint density at radius 1 is 1.24 bits per heavy atom. The van der Waals surface area contributed by atoms with Gasteiger partial charge in [-0.1, -0.05) is 11.8 Å². The highest BCUT2D eigenvalue weighted by molar-refractivity contribution is 8.00. The predicted molar refractivity (Wildman–Crippen MR) is 119 cm³/mol. The lowest BCUT2D eigenvalue weighted by Gasteiger charge is -2.34. The molecule has 2 aromatic rings. The highest BCUT2D eigenvalue weighted by Gasteiger charge is 2.33. The number of halogens is 1. The number of aromatic nitrogens is 1. The van der Waals surface area contributed by atoms with Crippen molar-refractivity contribution in [3.63, 3.8) is 0 Å². The summed E-state index contributed by atoms with van der Waals surface area (Å²) in [6, 6.07) is 1.58. The Hall–Kier alpha value is -3.16. The molecule has 178 valence electrons. The van der Waals surface area contributed by atoms with Crippen LogP contribution in [0.3, 0.4) is 0 Å². The van der Waals surface area contributed by atoms with E-state index in [2.05, 4.69) is 5.32 Å². The summed E-state index contributed by atoms with van der Waals surface area (Å²) in [5, 5.41) is 29.2. The highest BCUT2D eigenvalue weighted by Crippen LogP contribution is 2.46. The van der Waals surface area contributed by atoms with E-state index in [0.29, 0.717) is 29.3 Å². The number of carbonyl (C=O) groups is 3. The third-order valence-electron chi connectivity index (χ3n) is 5.26. The average molecular weight is 482 g/mol. The number of rotatable bonds is 5. The predicted octanol–water partition coefficient (Wildman–Crippen LogP) is 0.746. The standard InChI is InChI=1S/C16H16FN3O3S.C4H7NO4/c1-8-20-11-7-12(19-4-2-18-3-5-19)10(17)6-9(11)14(21)13(16(22)23)15(20)24-8;5-2(4(8)9)1-3(6)7/h6-8,18H,2-5H2,1H3,(H,22,23);2H,1,5H2,(H,6,7)(H,8,9). The van der Waals surface area contributed by atoms with Crippen LogP contribution in [0.15, 0.2) is 22.0 Å². The third-order valence-corrected chi connectivity index (χ3v) is 6.43. The summed E-state index contributed by atoms with van der Waals surface area (Å²) in [7, 11) is 0. The Labute approximate surface area is 191 Å². The molecule has 0 spiro atoms. The minimum Gasteiger partial charge on any atom is -0.481 e. The van der Waals surface area contributed by atoms with Gasteiger partial charge in [-0.2, -0.15) is 0 Å². The number of aromatic carboxylic acids is 1. The number of hydrogen-bond acceptors (Lipinski definition) is 8. The second-order valence-corrected chi connectivity index (χ2v) is 8.81. The minimum atomic E-state index is -1.29. The van der Waals surface area contributed by atoms with Gasteiger partial charge < -0.3 is 35.8 Å². The molecular weight excluding hydrogens is 459 g/mol. The van der Waals surface area contributed by atoms with Crippen LogP contribution in [-0.4, -0.2) is 70.0 Å². The number of carboxylic acid groups (broad SMARTS) is 3. The molecule has 0 bridgehead atoms. The molecule has 0 saturated carbocycles. The number of nitrogens with one attached hydrogen (secondary N) is 1. The Morgan fingerprint density at radius 3 is 2.36 bits per heavy atom. The summed E-state index contributed by atoms with van der Waals surface area (Å²) in [6.45, 7) is 4.87. The first-order valence-corrected chi connectivity index (χ1v) is 10.9. The lowest BCUT2D eigenvalue weighted by molar-refractivity contribution is -0.144. The quantitative estimate of drug-likeness (QED) is 0.406. The number of fused-ring (bicyclic) bond motifs is 3. The second kappa shape index (κ2) is 9.77. The molecule has 11 nitrogen and oxygen atoms in total. The van der Waals surface area contributed by atoms with Crippen LogP contribution in [0.2, 0.25) is 0 Å². The smallest absolute Gasteiger partial charge is 0.342 e. The second-order valence-electron chi connectivity index (χ2n) is 7.50. The van der Waals surface area contributed by atoms with Crippen molar-refractivity contribution in [1.82, 2.24) is 9.88 Å². The molecule has 2 aliphatic heterocycles. The van der Waals surface area contributed by atoms with Gasteiger partial charge in [-0.3, -0.25) is 14.4 Å². The molecule has 0 amide bonds. The first-order valence-electron chi connectivity index (χ1n) is 10.0. The Bertz CT molecular complexity index is 1180. The molecule has 1 saturated heterocycles. The van der Waals surface area contributed by atoms with Gasteiger partial charge in [0.05, 0.1) is 28.0 Å². The van der Waals surface area contributed by atoms with Crippen molar-refractivity contribution in [2.45, 2.75) is 29.8 Å². The van der Waals surface area contributed by atoms with Gasteiger partial charge in [0.25, 0.3) is 0 Å². The molecule has 1 aromatic heterocycles. The topological polar surface area (TPSA) is 175 Å². The van der Waals surface area contributed by atoms with Crippen LogP contribution in [0.1, 0.15) is 29.1 Å². The Morgan fingerprint density at radius 2 is 1.88 bits per heavy atom. The summed E-state index contributed by atoms with van der Waals surface area (Å²) >= 11 is 1.35. The van der Waals surface area contributed by atoms with Gasteiger partial charge in [-0.25, -0.2) is 9.18 Å². The number of anilines is 1. The van der Waals surface area contributed by atoms with Crippen molar-refractivity contribution in [1.29, 1.82) is 0 Å². The zero-order chi connectivity index (χ0) is 24.4. The number of aliphatic carboxylic acids is 2. The zero-order valence-electron chi connectivity index (χ0n) is 17.6. The van der Waals surface area contributed by atoms with E-state index in [-0.39, 0.29) is 16.3 Å². The van der Waals surface area contributed by atoms with E-state index in [1.165, 1.54) is 17.8 Å². The van der Waals surface area contributed by atoms with Crippen molar-refractivity contribution in [3.8, 4) is 0 Å². The summed E-state index contributed by atoms with van der Waals surface area (Å²) in [5.41, 5.74) is 5.02. The molecule has 6 N–H and O–H groups in total. The molecular formula is C20H23FN4O7S. The SMILES string of the molecule is CC1Sc2c(C(=O)O)c(=O)c3cc(F)c(N4CCNCC4)cc3n21.NC(CC(=O)O)C(=O)O. The summed E-state index contributed by atoms with van der Waals surface area (Å²) in [5.74, 6) is -4.25. The molecule has 4 rings (SSSR count). The number of piperazine rings is 1. The van der Waals surface area contributed by atoms with Crippen molar-refractivity contribution in [2.24, 2.45) is 5.73 Å². The molecule has 2 aliphatic rings. The number of pyridine rings is 1. The maximum Gasteiger partial charge on any atom is 0.342 e. The molecule has 0 aliphatic carbocycles. The van der Waals surface area contributed by atoms with Crippen molar-refractivity contribution < 1.29 is 34.1 Å². The summed E-state index contributed by atoms with van der Waals surface area (Å²) in [6.07, 6.45) is -0.532. The summed E-state index contributed by atoms with van der Waals surface area (Å²) in [4.78, 5) is 45.5. The van der Waals surface area contributed by atoms with Crippen molar-refractivity contribution in [2.75, 3.05) is 31.1 Å². The maximum absolute atomic E-state index is 14.6. The van der Waals surface area contributed by atoms with Crippen molar-refractivity contribution in [3.05, 3.63) is 33.7 Å². The molecule has 1 fully saturated rings. The van der Waals surface area contributed by atoms with E-state index in [9.17, 15) is 28.7 Å². The minimum absolute atomic E-state index is 0.0162. The lowest BCUT2D eigenvalue weighted by atomic mass is 10.1. The number of nitrogens with zero attached hydrogens (tertiary/aromatic N) is 2. The normalized spacial score (nSPS) is 17.9. The van der Waals surface area contributed by atoms with Crippen LogP contribution in [0.25, 0.3) is 10.9 Å². The number of nitrogens with two attached hydrogens (primary N) is 1. The fourth-order valence-corrected chi connectivity index (χ4v) is 4.80. The van der Waals surface area contributed by atoms with E-state index in [1.807, 2.05) is 16.4 Å². The van der Waals surface area contributed by atoms with Gasteiger partial charge in [0.2, 0.25) is 5.43 Å². The van der Waals surface area contributed by atoms with Crippen LogP contribution in [-0.2, 0) is 9.59 Å². The lowest BCUT2D eigenvalue weighted by Crippen LogP contribution is -2.44. The number of hydrogen-bond donors (Lipinski definition) is 5. The fourth-order valence-electron chi connectivity index (χ4n) is 3.65. The molecule has 33 heavy (non-hydrogen) atoms.